The van der Waals surface area contributed by atoms with Crippen molar-refractivity contribution in [2.45, 2.75) is 31.6 Å². The summed E-state index contributed by atoms with van der Waals surface area (Å²) in [5.74, 6) is 0.162. The van der Waals surface area contributed by atoms with Crippen LogP contribution in [0.15, 0.2) is 18.6 Å². The van der Waals surface area contributed by atoms with Crippen LogP contribution < -0.4 is 0 Å². The van der Waals surface area contributed by atoms with E-state index in [2.05, 4.69) is 9.97 Å². The lowest BCUT2D eigenvalue weighted by atomic mass is 9.96. The number of rotatable bonds is 3. The van der Waals surface area contributed by atoms with Gasteiger partial charge in [0, 0.05) is 50.7 Å². The van der Waals surface area contributed by atoms with Crippen molar-refractivity contribution >= 4 is 10.2 Å². The van der Waals surface area contributed by atoms with E-state index in [-0.39, 0.29) is 5.92 Å². The molecule has 3 rings (SSSR count). The van der Waals surface area contributed by atoms with Gasteiger partial charge in [0.05, 0.1) is 5.69 Å². The molecule has 0 bridgehead atoms. The van der Waals surface area contributed by atoms with Gasteiger partial charge in [-0.05, 0) is 25.7 Å². The van der Waals surface area contributed by atoms with Gasteiger partial charge in [0.25, 0.3) is 10.2 Å². The van der Waals surface area contributed by atoms with Crippen LogP contribution in [-0.2, 0) is 10.2 Å². The van der Waals surface area contributed by atoms with Crippen LogP contribution in [0.2, 0.25) is 0 Å². The second-order valence-corrected chi connectivity index (χ2v) is 7.37. The van der Waals surface area contributed by atoms with Crippen molar-refractivity contribution in [3.8, 4) is 0 Å². The quantitative estimate of drug-likeness (QED) is 0.834. The third-order valence-electron chi connectivity index (χ3n) is 4.10. The van der Waals surface area contributed by atoms with Gasteiger partial charge in [-0.15, -0.1) is 0 Å². The van der Waals surface area contributed by atoms with Gasteiger partial charge in [0.1, 0.15) is 0 Å². The first-order valence-corrected chi connectivity index (χ1v) is 8.59. The van der Waals surface area contributed by atoms with E-state index in [4.69, 9.17) is 0 Å². The van der Waals surface area contributed by atoms with Gasteiger partial charge in [-0.3, -0.25) is 9.97 Å². The highest BCUT2D eigenvalue weighted by Gasteiger charge is 2.35. The Bertz CT molecular complexity index is 543. The lowest BCUT2D eigenvalue weighted by Gasteiger charge is -2.33. The highest BCUT2D eigenvalue weighted by molar-refractivity contribution is 7.86. The molecule has 6 nitrogen and oxygen atoms in total. The summed E-state index contributed by atoms with van der Waals surface area (Å²) < 4.78 is 28.4. The molecule has 1 aromatic heterocycles. The van der Waals surface area contributed by atoms with E-state index in [0.717, 1.165) is 31.4 Å². The molecule has 1 unspecified atom stereocenters. The van der Waals surface area contributed by atoms with Gasteiger partial charge in [-0.25, -0.2) is 0 Å². The summed E-state index contributed by atoms with van der Waals surface area (Å²) in [4.78, 5) is 8.40. The van der Waals surface area contributed by atoms with E-state index in [1.54, 1.807) is 27.2 Å². The molecule has 0 aromatic carbocycles. The normalized spacial score (nSPS) is 25.9. The second-order valence-electron chi connectivity index (χ2n) is 5.44. The van der Waals surface area contributed by atoms with Crippen molar-refractivity contribution in [2.75, 3.05) is 26.2 Å². The maximum absolute atomic E-state index is 12.6. The summed E-state index contributed by atoms with van der Waals surface area (Å²) in [6.07, 6.45) is 8.87. The first-order chi connectivity index (χ1) is 9.68. The molecule has 2 aliphatic heterocycles. The molecule has 110 valence electrons. The predicted molar refractivity (Wildman–Crippen MR) is 75.3 cm³/mol. The van der Waals surface area contributed by atoms with Crippen LogP contribution in [0.4, 0.5) is 0 Å². The fourth-order valence-corrected chi connectivity index (χ4v) is 4.77. The maximum atomic E-state index is 12.6. The van der Waals surface area contributed by atoms with Gasteiger partial charge in [0.2, 0.25) is 0 Å². The number of hydrogen-bond donors (Lipinski definition) is 0. The van der Waals surface area contributed by atoms with Gasteiger partial charge in [0.15, 0.2) is 0 Å². The zero-order valence-corrected chi connectivity index (χ0v) is 12.3. The fourth-order valence-electron chi connectivity index (χ4n) is 3.00. The molecular weight excluding hydrogens is 276 g/mol. The lowest BCUT2D eigenvalue weighted by Crippen LogP contribution is -2.46. The van der Waals surface area contributed by atoms with Crippen molar-refractivity contribution < 1.29 is 8.42 Å². The maximum Gasteiger partial charge on any atom is 0.281 e. The monoisotopic (exact) mass is 296 g/mol. The van der Waals surface area contributed by atoms with Crippen LogP contribution >= 0.6 is 0 Å². The molecule has 1 atom stereocenters. The van der Waals surface area contributed by atoms with Gasteiger partial charge in [-0.1, -0.05) is 0 Å². The Kier molecular flexibility index (Phi) is 4.00. The summed E-state index contributed by atoms with van der Waals surface area (Å²) in [5, 5.41) is 0. The zero-order valence-electron chi connectivity index (χ0n) is 11.5. The Morgan fingerprint density at radius 3 is 2.50 bits per heavy atom. The minimum atomic E-state index is -3.28. The summed E-state index contributed by atoms with van der Waals surface area (Å²) in [7, 11) is -3.28. The van der Waals surface area contributed by atoms with E-state index >= 15 is 0 Å². The molecule has 2 saturated heterocycles. The number of hydrogen-bond acceptors (Lipinski definition) is 4. The van der Waals surface area contributed by atoms with Crippen LogP contribution in [-0.4, -0.2) is 53.2 Å². The van der Waals surface area contributed by atoms with Crippen molar-refractivity contribution in [1.29, 1.82) is 0 Å². The van der Waals surface area contributed by atoms with E-state index in [1.807, 2.05) is 0 Å². The molecular formula is C13H20N4O2S. The lowest BCUT2D eigenvalue weighted by molar-refractivity contribution is 0.290. The van der Waals surface area contributed by atoms with Crippen molar-refractivity contribution in [3.63, 3.8) is 0 Å². The molecule has 3 heterocycles. The highest BCUT2D eigenvalue weighted by atomic mass is 32.2. The Hall–Kier alpha value is -1.05. The van der Waals surface area contributed by atoms with Crippen molar-refractivity contribution in [2.24, 2.45) is 0 Å². The second kappa shape index (κ2) is 5.75. The van der Waals surface area contributed by atoms with Crippen molar-refractivity contribution in [1.82, 2.24) is 18.6 Å². The molecule has 0 radical (unpaired) electrons. The van der Waals surface area contributed by atoms with Gasteiger partial charge < -0.3 is 0 Å². The van der Waals surface area contributed by atoms with E-state index in [9.17, 15) is 8.42 Å². The molecule has 0 N–H and O–H groups in total. The molecule has 0 amide bonds. The van der Waals surface area contributed by atoms with E-state index < -0.39 is 10.2 Å². The third kappa shape index (κ3) is 2.70. The minimum Gasteiger partial charge on any atom is -0.261 e. The smallest absolute Gasteiger partial charge is 0.261 e. The largest absolute Gasteiger partial charge is 0.281 e. The molecule has 0 aliphatic carbocycles. The highest BCUT2D eigenvalue weighted by Crippen LogP contribution is 2.28. The zero-order chi connectivity index (χ0) is 14.0. The average molecular weight is 296 g/mol. The molecule has 2 aliphatic rings. The predicted octanol–water partition coefficient (Wildman–Crippen LogP) is 0.997. The Balaban J connectivity index is 1.75. The average Bonchev–Trinajstić information content (AvgIpc) is 3.03. The minimum absolute atomic E-state index is 0.162. The first kappa shape index (κ1) is 13.9. The van der Waals surface area contributed by atoms with Crippen LogP contribution in [0.25, 0.3) is 0 Å². The van der Waals surface area contributed by atoms with Crippen molar-refractivity contribution in [3.05, 3.63) is 24.3 Å². The third-order valence-corrected chi connectivity index (χ3v) is 6.11. The number of nitrogens with zero attached hydrogens (tertiary/aromatic N) is 4. The van der Waals surface area contributed by atoms with Crippen LogP contribution in [0, 0.1) is 0 Å². The number of piperidine rings is 1. The summed E-state index contributed by atoms with van der Waals surface area (Å²) >= 11 is 0. The first-order valence-electron chi connectivity index (χ1n) is 7.19. The topological polar surface area (TPSA) is 66.4 Å². The SMILES string of the molecule is O=S(=O)(N1CCCC1)N1CCCC(c2cnccn2)C1. The Morgan fingerprint density at radius 1 is 1.05 bits per heavy atom. The number of aromatic nitrogens is 2. The molecule has 2 fully saturated rings. The van der Waals surface area contributed by atoms with Crippen LogP contribution in [0.1, 0.15) is 37.3 Å². The molecule has 0 saturated carbocycles. The van der Waals surface area contributed by atoms with Gasteiger partial charge >= 0.3 is 0 Å². The van der Waals surface area contributed by atoms with E-state index in [0.29, 0.717) is 26.2 Å². The van der Waals surface area contributed by atoms with Gasteiger partial charge in [-0.2, -0.15) is 17.0 Å². The van der Waals surface area contributed by atoms with E-state index in [1.165, 1.54) is 0 Å². The van der Waals surface area contributed by atoms with Crippen LogP contribution in [0.3, 0.4) is 0 Å². The Morgan fingerprint density at radius 2 is 1.80 bits per heavy atom. The fraction of sp³-hybridized carbons (Fsp3) is 0.692. The standard InChI is InChI=1S/C13H20N4O2S/c18-20(19,16-7-1-2-8-16)17-9-3-4-12(11-17)13-10-14-5-6-15-13/h5-6,10,12H,1-4,7-9,11H2. The molecule has 7 heteroatoms. The summed E-state index contributed by atoms with van der Waals surface area (Å²) in [5.41, 5.74) is 0.897. The Labute approximate surface area is 120 Å². The molecule has 0 spiro atoms. The van der Waals surface area contributed by atoms with Crippen LogP contribution in [0.5, 0.6) is 0 Å². The summed E-state index contributed by atoms with van der Waals surface area (Å²) in [6.45, 7) is 2.47. The summed E-state index contributed by atoms with van der Waals surface area (Å²) in [6, 6.07) is 0. The molecule has 1 aromatic rings. The molecule has 20 heavy (non-hydrogen) atoms.